The normalized spacial score (nSPS) is 17.4. The Balaban J connectivity index is 1.30. The zero-order valence-electron chi connectivity index (χ0n) is 19.2. The third kappa shape index (κ3) is 5.49. The average molecular weight is 510 g/mol. The molecule has 7 nitrogen and oxygen atoms in total. The van der Waals surface area contributed by atoms with E-state index in [9.17, 15) is 5.11 Å². The molecular weight excluding hydrogens is 485 g/mol. The van der Waals surface area contributed by atoms with Crippen LogP contribution in [-0.4, -0.2) is 49.4 Å². The molecular formula is C26H25Cl2N5O2. The van der Waals surface area contributed by atoms with E-state index >= 15 is 0 Å². The van der Waals surface area contributed by atoms with E-state index < -0.39 is 0 Å². The highest BCUT2D eigenvalue weighted by atomic mass is 35.5. The molecule has 2 N–H and O–H groups in total. The molecule has 9 heteroatoms. The van der Waals surface area contributed by atoms with Gasteiger partial charge in [-0.15, -0.1) is 0 Å². The first-order valence-electron chi connectivity index (χ1n) is 11.4. The van der Waals surface area contributed by atoms with Crippen LogP contribution in [0.25, 0.3) is 23.1 Å². The molecule has 4 aromatic rings. The molecule has 0 radical (unpaired) electrons. The van der Waals surface area contributed by atoms with Crippen molar-refractivity contribution in [2.24, 2.45) is 0 Å². The highest BCUT2D eigenvalue weighted by Gasteiger charge is 2.20. The predicted octanol–water partition coefficient (Wildman–Crippen LogP) is 5.54. The van der Waals surface area contributed by atoms with E-state index in [1.807, 2.05) is 55.6 Å². The molecule has 3 aromatic heterocycles. The zero-order valence-corrected chi connectivity index (χ0v) is 20.7. The number of likely N-dealkylation sites (tertiary alicyclic amines) is 1. The van der Waals surface area contributed by atoms with Crippen molar-refractivity contribution in [3.63, 3.8) is 0 Å². The minimum Gasteiger partial charge on any atom is -0.486 e. The molecule has 0 spiro atoms. The third-order valence-corrected chi connectivity index (χ3v) is 6.69. The van der Waals surface area contributed by atoms with Crippen LogP contribution in [0, 0.1) is 0 Å². The van der Waals surface area contributed by atoms with E-state index in [0.29, 0.717) is 27.9 Å². The van der Waals surface area contributed by atoms with Crippen molar-refractivity contribution in [3.8, 4) is 5.75 Å². The van der Waals surface area contributed by atoms with Crippen molar-refractivity contribution in [2.75, 3.05) is 13.1 Å². The van der Waals surface area contributed by atoms with Crippen LogP contribution in [0.5, 0.6) is 5.75 Å². The highest BCUT2D eigenvalue weighted by molar-refractivity contribution is 6.35. The van der Waals surface area contributed by atoms with Crippen molar-refractivity contribution in [1.29, 1.82) is 0 Å². The second-order valence-corrected chi connectivity index (χ2v) is 9.50. The first-order chi connectivity index (χ1) is 17.0. The summed E-state index contributed by atoms with van der Waals surface area (Å²) in [5, 5.41) is 19.1. The number of aromatic amines is 1. The second kappa shape index (κ2) is 10.3. The first-order valence-corrected chi connectivity index (χ1v) is 12.2. The maximum absolute atomic E-state index is 9.69. The van der Waals surface area contributed by atoms with Crippen molar-refractivity contribution in [1.82, 2.24) is 25.1 Å². The average Bonchev–Trinajstić information content (AvgIpc) is 3.44. The topological polar surface area (TPSA) is 87.2 Å². The van der Waals surface area contributed by atoms with Crippen molar-refractivity contribution < 1.29 is 9.84 Å². The number of rotatable bonds is 7. The van der Waals surface area contributed by atoms with Gasteiger partial charge in [0.05, 0.1) is 33.1 Å². The first kappa shape index (κ1) is 23.8. The van der Waals surface area contributed by atoms with Crippen LogP contribution >= 0.6 is 23.2 Å². The van der Waals surface area contributed by atoms with Gasteiger partial charge in [0.15, 0.2) is 0 Å². The SMILES string of the molecule is C[C@@H](Oc1ccc2[nH]nc(/C=C/c3ccc(CN4CC[C@H](O)C4)nc3)c2c1)c1c(Cl)cncc1Cl. The molecule has 35 heavy (non-hydrogen) atoms. The summed E-state index contributed by atoms with van der Waals surface area (Å²) in [4.78, 5) is 10.8. The standard InChI is InChI=1S/C26H25Cl2N5O2/c1-16(26-22(27)12-29-13-23(26)28)35-20-5-7-25-21(10-20)24(31-32-25)6-3-17-2-4-18(30-11-17)14-33-9-8-19(34)15-33/h2-7,10-13,16,19,34H,8-9,14-15H2,1H3,(H,31,32)/b6-3+/t16-,19+/m1/s1. The maximum Gasteiger partial charge on any atom is 0.124 e. The molecule has 1 aromatic carbocycles. The van der Waals surface area contributed by atoms with Gasteiger partial charge in [-0.2, -0.15) is 5.10 Å². The Kier molecular flexibility index (Phi) is 7.02. The number of benzene rings is 1. The van der Waals surface area contributed by atoms with E-state index in [4.69, 9.17) is 27.9 Å². The van der Waals surface area contributed by atoms with Gasteiger partial charge < -0.3 is 9.84 Å². The zero-order chi connectivity index (χ0) is 24.4. The van der Waals surface area contributed by atoms with Crippen LogP contribution in [0.15, 0.2) is 48.9 Å². The fraction of sp³-hybridized carbons (Fsp3) is 0.269. The summed E-state index contributed by atoms with van der Waals surface area (Å²) in [6, 6.07) is 9.83. The Bertz CT molecular complexity index is 1340. The Hall–Kier alpha value is -2.97. The number of H-pyrrole nitrogens is 1. The molecule has 180 valence electrons. The summed E-state index contributed by atoms with van der Waals surface area (Å²) in [5.41, 5.74) is 4.38. The van der Waals surface area contributed by atoms with E-state index in [0.717, 1.165) is 47.4 Å². The number of nitrogens with one attached hydrogen (secondary N) is 1. The third-order valence-electron chi connectivity index (χ3n) is 6.09. The number of halogens is 2. The summed E-state index contributed by atoms with van der Waals surface area (Å²) >= 11 is 12.6. The van der Waals surface area contributed by atoms with Crippen LogP contribution in [0.1, 0.15) is 42.0 Å². The largest absolute Gasteiger partial charge is 0.486 e. The van der Waals surface area contributed by atoms with Crippen molar-refractivity contribution in [2.45, 2.75) is 32.1 Å². The monoisotopic (exact) mass is 509 g/mol. The number of fused-ring (bicyclic) bond motifs is 1. The van der Waals surface area contributed by atoms with Crippen LogP contribution < -0.4 is 4.74 Å². The lowest BCUT2D eigenvalue weighted by atomic mass is 10.1. The Morgan fingerprint density at radius 3 is 2.71 bits per heavy atom. The van der Waals surface area contributed by atoms with E-state index in [1.165, 1.54) is 0 Å². The van der Waals surface area contributed by atoms with Gasteiger partial charge >= 0.3 is 0 Å². The molecule has 1 fully saturated rings. The van der Waals surface area contributed by atoms with Crippen LogP contribution in [0.2, 0.25) is 10.0 Å². The number of aromatic nitrogens is 4. The Morgan fingerprint density at radius 1 is 1.17 bits per heavy atom. The molecule has 1 aliphatic rings. The molecule has 0 unspecified atom stereocenters. The number of aliphatic hydroxyl groups excluding tert-OH is 1. The summed E-state index contributed by atoms with van der Waals surface area (Å²) < 4.78 is 6.14. The van der Waals surface area contributed by atoms with Crippen LogP contribution in [-0.2, 0) is 6.54 Å². The molecule has 4 heterocycles. The molecule has 0 amide bonds. The number of hydrogen-bond donors (Lipinski definition) is 2. The van der Waals surface area contributed by atoms with Gasteiger partial charge in [-0.25, -0.2) is 0 Å². The fourth-order valence-electron chi connectivity index (χ4n) is 4.27. The number of nitrogens with zero attached hydrogens (tertiary/aromatic N) is 4. The lowest BCUT2D eigenvalue weighted by molar-refractivity contribution is 0.174. The number of pyridine rings is 2. The number of hydrogen-bond acceptors (Lipinski definition) is 6. The van der Waals surface area contributed by atoms with Gasteiger partial charge in [0.2, 0.25) is 0 Å². The number of β-amino-alcohol motifs (C(OH)–C–C–N with tert-alkyl or cyclic N) is 1. The highest BCUT2D eigenvalue weighted by Crippen LogP contribution is 2.33. The van der Waals surface area contributed by atoms with Crippen LogP contribution in [0.3, 0.4) is 0 Å². The van der Waals surface area contributed by atoms with E-state index in [1.54, 1.807) is 12.4 Å². The molecule has 1 saturated heterocycles. The number of ether oxygens (including phenoxy) is 1. The molecule has 2 atom stereocenters. The molecule has 0 aliphatic carbocycles. The molecule has 0 saturated carbocycles. The van der Waals surface area contributed by atoms with Gasteiger partial charge in [-0.1, -0.05) is 35.3 Å². The predicted molar refractivity (Wildman–Crippen MR) is 138 cm³/mol. The molecule has 5 rings (SSSR count). The second-order valence-electron chi connectivity index (χ2n) is 8.69. The quantitative estimate of drug-likeness (QED) is 0.340. The minimum absolute atomic E-state index is 0.221. The van der Waals surface area contributed by atoms with Crippen molar-refractivity contribution >= 4 is 46.3 Å². The Labute approximate surface area is 213 Å². The lowest BCUT2D eigenvalue weighted by Crippen LogP contribution is -2.21. The number of aliphatic hydroxyl groups is 1. The lowest BCUT2D eigenvalue weighted by Gasteiger charge is -2.17. The van der Waals surface area contributed by atoms with Crippen molar-refractivity contribution in [3.05, 3.63) is 81.5 Å². The van der Waals surface area contributed by atoms with Gasteiger partial charge in [0.25, 0.3) is 0 Å². The summed E-state index contributed by atoms with van der Waals surface area (Å²) in [6.07, 6.45) is 9.16. The molecule has 0 bridgehead atoms. The van der Waals surface area contributed by atoms with E-state index in [2.05, 4.69) is 25.1 Å². The maximum atomic E-state index is 9.69. The van der Waals surface area contributed by atoms with Gasteiger partial charge in [-0.3, -0.25) is 20.0 Å². The summed E-state index contributed by atoms with van der Waals surface area (Å²) in [7, 11) is 0. The van der Waals surface area contributed by atoms with Crippen LogP contribution in [0.4, 0.5) is 0 Å². The van der Waals surface area contributed by atoms with E-state index in [-0.39, 0.29) is 12.2 Å². The molecule has 1 aliphatic heterocycles. The smallest absolute Gasteiger partial charge is 0.124 e. The summed E-state index contributed by atoms with van der Waals surface area (Å²) in [5.74, 6) is 0.683. The van der Waals surface area contributed by atoms with Gasteiger partial charge in [0, 0.05) is 49.2 Å². The Morgan fingerprint density at radius 2 is 2.00 bits per heavy atom. The van der Waals surface area contributed by atoms with Gasteiger partial charge in [0.1, 0.15) is 11.9 Å². The summed E-state index contributed by atoms with van der Waals surface area (Å²) in [6.45, 7) is 4.27. The minimum atomic E-state index is -0.352. The van der Waals surface area contributed by atoms with Gasteiger partial charge in [-0.05, 0) is 49.2 Å². The fourth-order valence-corrected chi connectivity index (χ4v) is 4.95.